The smallest absolute Gasteiger partial charge is 0.254 e. The van der Waals surface area contributed by atoms with Crippen LogP contribution in [0.25, 0.3) is 11.1 Å². The van der Waals surface area contributed by atoms with Crippen LogP contribution < -0.4 is 16.0 Å². The van der Waals surface area contributed by atoms with Crippen LogP contribution in [0.5, 0.6) is 5.75 Å². The Morgan fingerprint density at radius 3 is 2.75 bits per heavy atom. The highest BCUT2D eigenvalue weighted by Gasteiger charge is 2.08. The molecule has 2 heterocycles. The van der Waals surface area contributed by atoms with Crippen LogP contribution in [0.2, 0.25) is 0 Å². The molecule has 6 nitrogen and oxygen atoms in total. The van der Waals surface area contributed by atoms with Gasteiger partial charge in [0.15, 0.2) is 0 Å². The quantitative estimate of drug-likeness (QED) is 0.794. The van der Waals surface area contributed by atoms with Crippen molar-refractivity contribution in [3.63, 3.8) is 0 Å². The minimum absolute atomic E-state index is 0.175. The van der Waals surface area contributed by atoms with Gasteiger partial charge in [0.2, 0.25) is 5.95 Å². The molecule has 0 bridgehead atoms. The van der Waals surface area contributed by atoms with E-state index in [9.17, 15) is 4.79 Å². The first kappa shape index (κ1) is 15.7. The number of rotatable bonds is 4. The number of nitrogen functional groups attached to an aromatic ring is 1. The normalized spacial score (nSPS) is 10.6. The Kier molecular flexibility index (Phi) is 4.29. The van der Waals surface area contributed by atoms with Gasteiger partial charge in [0.05, 0.1) is 12.8 Å². The van der Waals surface area contributed by atoms with Crippen LogP contribution in [-0.2, 0) is 13.5 Å². The predicted octanol–water partition coefficient (Wildman–Crippen LogP) is 2.02. The summed E-state index contributed by atoms with van der Waals surface area (Å²) < 4.78 is 6.71. The fourth-order valence-electron chi connectivity index (χ4n) is 2.52. The van der Waals surface area contributed by atoms with Gasteiger partial charge < -0.3 is 10.5 Å². The number of para-hydroxylation sites is 1. The monoisotopic (exact) mass is 322 g/mol. The molecule has 24 heavy (non-hydrogen) atoms. The van der Waals surface area contributed by atoms with Gasteiger partial charge in [0.1, 0.15) is 5.75 Å². The molecule has 122 valence electrons. The average Bonchev–Trinajstić information content (AvgIpc) is 2.60. The largest absolute Gasteiger partial charge is 0.496 e. The van der Waals surface area contributed by atoms with Crippen LogP contribution in [0.15, 0.2) is 53.6 Å². The van der Waals surface area contributed by atoms with Crippen molar-refractivity contribution in [1.82, 2.24) is 14.5 Å². The van der Waals surface area contributed by atoms with E-state index in [-0.39, 0.29) is 11.5 Å². The number of anilines is 1. The van der Waals surface area contributed by atoms with E-state index in [0.29, 0.717) is 12.1 Å². The van der Waals surface area contributed by atoms with E-state index >= 15 is 0 Å². The molecule has 0 fully saturated rings. The maximum absolute atomic E-state index is 11.8. The fraction of sp³-hybridized carbons (Fsp3) is 0.167. The first-order valence-electron chi connectivity index (χ1n) is 7.48. The minimum Gasteiger partial charge on any atom is -0.496 e. The lowest BCUT2D eigenvalue weighted by Crippen LogP contribution is -2.21. The Morgan fingerprint density at radius 1 is 1.21 bits per heavy atom. The van der Waals surface area contributed by atoms with Crippen molar-refractivity contribution < 1.29 is 4.74 Å². The van der Waals surface area contributed by atoms with E-state index in [1.54, 1.807) is 26.6 Å². The van der Waals surface area contributed by atoms with Crippen LogP contribution >= 0.6 is 0 Å². The van der Waals surface area contributed by atoms with Crippen molar-refractivity contribution in [3.8, 4) is 16.9 Å². The summed E-state index contributed by atoms with van der Waals surface area (Å²) >= 11 is 0. The Morgan fingerprint density at radius 2 is 2.00 bits per heavy atom. The zero-order valence-electron chi connectivity index (χ0n) is 13.6. The average molecular weight is 322 g/mol. The number of hydrogen-bond donors (Lipinski definition) is 1. The van der Waals surface area contributed by atoms with E-state index in [1.165, 1.54) is 10.6 Å². The number of methoxy groups -OCH3 is 1. The summed E-state index contributed by atoms with van der Waals surface area (Å²) in [6.07, 6.45) is 4.03. The first-order chi connectivity index (χ1) is 11.6. The third kappa shape index (κ3) is 3.12. The topological polar surface area (TPSA) is 83.0 Å². The molecule has 0 aliphatic carbocycles. The summed E-state index contributed by atoms with van der Waals surface area (Å²) in [6.45, 7) is 0. The lowest BCUT2D eigenvalue weighted by Gasteiger charge is -2.10. The van der Waals surface area contributed by atoms with E-state index in [0.717, 1.165) is 22.4 Å². The molecule has 0 spiro atoms. The summed E-state index contributed by atoms with van der Waals surface area (Å²) in [5.74, 6) is 0.985. The molecule has 0 aliphatic rings. The summed E-state index contributed by atoms with van der Waals surface area (Å²) in [5.41, 5.74) is 9.05. The van der Waals surface area contributed by atoms with Gasteiger partial charge in [-0.25, -0.2) is 4.98 Å². The molecule has 0 aliphatic heterocycles. The maximum atomic E-state index is 11.8. The molecule has 0 unspecified atom stereocenters. The van der Waals surface area contributed by atoms with Crippen LogP contribution in [0, 0.1) is 0 Å². The van der Waals surface area contributed by atoms with Crippen molar-refractivity contribution in [2.24, 2.45) is 7.05 Å². The van der Waals surface area contributed by atoms with Crippen molar-refractivity contribution >= 4 is 5.95 Å². The molecule has 2 aromatic heterocycles. The van der Waals surface area contributed by atoms with E-state index in [4.69, 9.17) is 10.5 Å². The highest BCUT2D eigenvalue weighted by Crippen LogP contribution is 2.29. The molecule has 2 N–H and O–H groups in total. The molecule has 0 saturated carbocycles. The second-order valence-electron chi connectivity index (χ2n) is 5.46. The Hall–Kier alpha value is -3.15. The molecule has 6 heteroatoms. The maximum Gasteiger partial charge on any atom is 0.254 e. The molecular formula is C18H18N4O2. The van der Waals surface area contributed by atoms with Crippen LogP contribution in [0.4, 0.5) is 5.95 Å². The van der Waals surface area contributed by atoms with Crippen molar-refractivity contribution in [2.45, 2.75) is 6.42 Å². The van der Waals surface area contributed by atoms with E-state index in [1.807, 2.05) is 30.3 Å². The predicted molar refractivity (Wildman–Crippen MR) is 92.9 cm³/mol. The van der Waals surface area contributed by atoms with Gasteiger partial charge in [-0.2, -0.15) is 0 Å². The number of benzene rings is 1. The summed E-state index contributed by atoms with van der Waals surface area (Å²) in [5, 5.41) is 0. The molecule has 3 rings (SSSR count). The first-order valence-corrected chi connectivity index (χ1v) is 7.48. The van der Waals surface area contributed by atoms with Gasteiger partial charge in [0, 0.05) is 43.1 Å². The van der Waals surface area contributed by atoms with Crippen LogP contribution in [0.3, 0.4) is 0 Å². The number of nitrogens with two attached hydrogens (primary N) is 1. The standard InChI is InChI=1S/C18H18N4O2/c1-22-17(23)9-14(21-18(22)19)8-12-7-13(11-20-10-12)15-5-3-4-6-16(15)24-2/h3-7,9-11H,8H2,1-2H3,(H2,19,21). The number of aromatic nitrogens is 3. The van der Waals surface area contributed by atoms with Crippen LogP contribution in [-0.4, -0.2) is 21.6 Å². The lowest BCUT2D eigenvalue weighted by molar-refractivity contribution is 0.416. The Labute approximate surface area is 139 Å². The van der Waals surface area contributed by atoms with Gasteiger partial charge in [-0.1, -0.05) is 18.2 Å². The van der Waals surface area contributed by atoms with Gasteiger partial charge in [-0.05, 0) is 17.7 Å². The SMILES string of the molecule is COc1ccccc1-c1cncc(Cc2cc(=O)n(C)c(N)n2)c1. The second kappa shape index (κ2) is 6.54. The van der Waals surface area contributed by atoms with Crippen molar-refractivity contribution in [2.75, 3.05) is 12.8 Å². The van der Waals surface area contributed by atoms with Crippen molar-refractivity contribution in [3.05, 3.63) is 70.4 Å². The fourth-order valence-corrected chi connectivity index (χ4v) is 2.52. The van der Waals surface area contributed by atoms with E-state index in [2.05, 4.69) is 9.97 Å². The second-order valence-corrected chi connectivity index (χ2v) is 5.46. The number of ether oxygens (including phenoxy) is 1. The summed E-state index contributed by atoms with van der Waals surface area (Å²) in [4.78, 5) is 20.4. The van der Waals surface area contributed by atoms with Gasteiger partial charge in [-0.15, -0.1) is 0 Å². The Balaban J connectivity index is 1.95. The number of hydrogen-bond acceptors (Lipinski definition) is 5. The third-order valence-corrected chi connectivity index (χ3v) is 3.82. The molecule has 3 aromatic rings. The summed E-state index contributed by atoms with van der Waals surface area (Å²) in [7, 11) is 3.24. The molecule has 0 amide bonds. The number of pyridine rings is 1. The van der Waals surface area contributed by atoms with E-state index < -0.39 is 0 Å². The highest BCUT2D eigenvalue weighted by molar-refractivity contribution is 5.70. The van der Waals surface area contributed by atoms with Gasteiger partial charge >= 0.3 is 0 Å². The van der Waals surface area contributed by atoms with Crippen LogP contribution in [0.1, 0.15) is 11.3 Å². The minimum atomic E-state index is -0.175. The third-order valence-electron chi connectivity index (χ3n) is 3.82. The lowest BCUT2D eigenvalue weighted by atomic mass is 10.0. The molecule has 1 aromatic carbocycles. The molecular weight excluding hydrogens is 304 g/mol. The zero-order chi connectivity index (χ0) is 17.1. The van der Waals surface area contributed by atoms with Gasteiger partial charge in [0.25, 0.3) is 5.56 Å². The summed E-state index contributed by atoms with van der Waals surface area (Å²) in [6, 6.07) is 11.3. The highest BCUT2D eigenvalue weighted by atomic mass is 16.5. The van der Waals surface area contributed by atoms with Gasteiger partial charge in [-0.3, -0.25) is 14.3 Å². The molecule has 0 saturated heterocycles. The zero-order valence-corrected chi connectivity index (χ0v) is 13.6. The number of nitrogens with zero attached hydrogens (tertiary/aromatic N) is 3. The molecule has 0 atom stereocenters. The molecule has 0 radical (unpaired) electrons. The Bertz CT molecular complexity index is 934. The van der Waals surface area contributed by atoms with Crippen molar-refractivity contribution in [1.29, 1.82) is 0 Å².